The topological polar surface area (TPSA) is 76.0 Å². The first-order valence-corrected chi connectivity index (χ1v) is 7.46. The highest BCUT2D eigenvalue weighted by Crippen LogP contribution is 2.11. The molecule has 120 valence electrons. The number of rotatable bonds is 6. The van der Waals surface area contributed by atoms with Crippen molar-refractivity contribution in [3.63, 3.8) is 0 Å². The van der Waals surface area contributed by atoms with Crippen LogP contribution in [0.25, 0.3) is 6.08 Å². The second-order valence-electron chi connectivity index (χ2n) is 5.12. The van der Waals surface area contributed by atoms with Gasteiger partial charge in [-0.15, -0.1) is 0 Å². The van der Waals surface area contributed by atoms with Crippen molar-refractivity contribution in [3.05, 3.63) is 48.3 Å². The molecule has 23 heavy (non-hydrogen) atoms. The molecule has 0 aliphatic carbocycles. The van der Waals surface area contributed by atoms with E-state index >= 15 is 0 Å². The Balaban J connectivity index is 1.90. The van der Waals surface area contributed by atoms with E-state index in [1.165, 1.54) is 13.0 Å². The number of aryl methyl sites for hydroxylation is 1. The smallest absolute Gasteiger partial charge is 0.248 e. The van der Waals surface area contributed by atoms with Crippen molar-refractivity contribution >= 4 is 29.3 Å². The molecule has 2 N–H and O–H groups in total. The van der Waals surface area contributed by atoms with E-state index in [1.807, 2.05) is 12.1 Å². The van der Waals surface area contributed by atoms with Crippen LogP contribution in [0.15, 0.2) is 42.7 Å². The number of benzene rings is 1. The van der Waals surface area contributed by atoms with Gasteiger partial charge in [0.05, 0.1) is 11.9 Å². The van der Waals surface area contributed by atoms with Crippen molar-refractivity contribution in [3.8, 4) is 0 Å². The maximum Gasteiger partial charge on any atom is 0.248 e. The van der Waals surface area contributed by atoms with Gasteiger partial charge in [0.15, 0.2) is 0 Å². The summed E-state index contributed by atoms with van der Waals surface area (Å²) in [4.78, 5) is 22.8. The molecule has 0 unspecified atom stereocenters. The summed E-state index contributed by atoms with van der Waals surface area (Å²) in [7, 11) is 0. The van der Waals surface area contributed by atoms with E-state index in [0.29, 0.717) is 5.69 Å². The first-order chi connectivity index (χ1) is 11.1. The lowest BCUT2D eigenvalue weighted by Crippen LogP contribution is -2.07. The number of amides is 2. The molecule has 2 aromatic rings. The minimum Gasteiger partial charge on any atom is -0.326 e. The summed E-state index contributed by atoms with van der Waals surface area (Å²) < 4.78 is 1.79. The third-order valence-electron chi connectivity index (χ3n) is 3.01. The Morgan fingerprint density at radius 3 is 2.57 bits per heavy atom. The molecular weight excluding hydrogens is 292 g/mol. The maximum absolute atomic E-state index is 11.9. The number of aromatic nitrogens is 2. The Morgan fingerprint density at radius 2 is 1.91 bits per heavy atom. The zero-order valence-electron chi connectivity index (χ0n) is 13.2. The van der Waals surface area contributed by atoms with Crippen LogP contribution in [0, 0.1) is 0 Å². The predicted molar refractivity (Wildman–Crippen MR) is 90.9 cm³/mol. The quantitative estimate of drug-likeness (QED) is 0.805. The lowest BCUT2D eigenvalue weighted by atomic mass is 10.2. The fourth-order valence-electron chi connectivity index (χ4n) is 2.02. The van der Waals surface area contributed by atoms with Crippen molar-refractivity contribution in [2.75, 3.05) is 10.6 Å². The minimum atomic E-state index is -0.216. The Labute approximate surface area is 135 Å². The van der Waals surface area contributed by atoms with Gasteiger partial charge in [0.2, 0.25) is 11.8 Å². The predicted octanol–water partition coefficient (Wildman–Crippen LogP) is 2.90. The Morgan fingerprint density at radius 1 is 1.17 bits per heavy atom. The molecule has 0 spiro atoms. The van der Waals surface area contributed by atoms with Crippen molar-refractivity contribution in [1.82, 2.24) is 9.78 Å². The van der Waals surface area contributed by atoms with Gasteiger partial charge in [-0.25, -0.2) is 0 Å². The summed E-state index contributed by atoms with van der Waals surface area (Å²) in [6, 6.07) is 7.23. The molecule has 0 saturated heterocycles. The van der Waals surface area contributed by atoms with Crippen LogP contribution in [0.3, 0.4) is 0 Å². The van der Waals surface area contributed by atoms with Gasteiger partial charge in [0.25, 0.3) is 0 Å². The van der Waals surface area contributed by atoms with Crippen LogP contribution < -0.4 is 10.6 Å². The van der Waals surface area contributed by atoms with Gasteiger partial charge in [-0.3, -0.25) is 14.3 Å². The Hall–Kier alpha value is -2.89. The fourth-order valence-corrected chi connectivity index (χ4v) is 2.02. The van der Waals surface area contributed by atoms with Crippen LogP contribution in [0.5, 0.6) is 0 Å². The molecule has 0 atom stereocenters. The SMILES string of the molecule is CCCn1cc(NC(=O)C=Cc2ccc(NC(C)=O)cc2)cn1. The molecule has 0 fully saturated rings. The van der Waals surface area contributed by atoms with Crippen molar-refractivity contribution in [2.45, 2.75) is 26.8 Å². The van der Waals surface area contributed by atoms with Crippen LogP contribution in [0.2, 0.25) is 0 Å². The zero-order chi connectivity index (χ0) is 16.7. The van der Waals surface area contributed by atoms with Gasteiger partial charge in [0.1, 0.15) is 0 Å². The molecule has 1 aromatic heterocycles. The average Bonchev–Trinajstić information content (AvgIpc) is 2.93. The van der Waals surface area contributed by atoms with Crippen molar-refractivity contribution < 1.29 is 9.59 Å². The molecule has 1 aromatic carbocycles. The van der Waals surface area contributed by atoms with Crippen molar-refractivity contribution in [1.29, 1.82) is 0 Å². The van der Waals surface area contributed by atoms with E-state index in [1.54, 1.807) is 35.3 Å². The van der Waals surface area contributed by atoms with Crippen LogP contribution in [0.4, 0.5) is 11.4 Å². The molecule has 6 nitrogen and oxygen atoms in total. The van der Waals surface area contributed by atoms with Crippen LogP contribution in [-0.4, -0.2) is 21.6 Å². The summed E-state index contributed by atoms with van der Waals surface area (Å²) in [6.07, 6.45) is 7.60. The number of nitrogens with zero attached hydrogens (tertiary/aromatic N) is 2. The van der Waals surface area contributed by atoms with Gasteiger partial charge in [0, 0.05) is 31.4 Å². The second kappa shape index (κ2) is 7.93. The normalized spacial score (nSPS) is 10.7. The first-order valence-electron chi connectivity index (χ1n) is 7.46. The summed E-state index contributed by atoms with van der Waals surface area (Å²) in [5, 5.41) is 9.61. The summed E-state index contributed by atoms with van der Waals surface area (Å²) >= 11 is 0. The monoisotopic (exact) mass is 312 g/mol. The van der Waals surface area contributed by atoms with Gasteiger partial charge >= 0.3 is 0 Å². The first kappa shape index (κ1) is 16.5. The summed E-state index contributed by atoms with van der Waals surface area (Å²) in [5.74, 6) is -0.330. The third kappa shape index (κ3) is 5.43. The van der Waals surface area contributed by atoms with E-state index in [0.717, 1.165) is 24.2 Å². The van der Waals surface area contributed by atoms with E-state index in [4.69, 9.17) is 0 Å². The molecule has 0 saturated carbocycles. The van der Waals surface area contributed by atoms with E-state index in [9.17, 15) is 9.59 Å². The lowest BCUT2D eigenvalue weighted by molar-refractivity contribution is -0.114. The van der Waals surface area contributed by atoms with Crippen LogP contribution in [-0.2, 0) is 16.1 Å². The van der Waals surface area contributed by atoms with Crippen LogP contribution >= 0.6 is 0 Å². The molecule has 2 amide bonds. The van der Waals surface area contributed by atoms with Gasteiger partial charge < -0.3 is 10.6 Å². The molecule has 0 aliphatic heterocycles. The highest BCUT2D eigenvalue weighted by atomic mass is 16.2. The molecular formula is C17H20N4O2. The lowest BCUT2D eigenvalue weighted by Gasteiger charge is -2.01. The van der Waals surface area contributed by atoms with Gasteiger partial charge in [-0.05, 0) is 30.2 Å². The number of carbonyl (C=O) groups is 2. The number of carbonyl (C=O) groups excluding carboxylic acids is 2. The van der Waals surface area contributed by atoms with E-state index in [-0.39, 0.29) is 11.8 Å². The van der Waals surface area contributed by atoms with Crippen LogP contribution in [0.1, 0.15) is 25.8 Å². The van der Waals surface area contributed by atoms with E-state index in [2.05, 4.69) is 22.7 Å². The number of hydrogen-bond acceptors (Lipinski definition) is 3. The highest BCUT2D eigenvalue weighted by Gasteiger charge is 2.01. The number of nitrogens with one attached hydrogen (secondary N) is 2. The Kier molecular flexibility index (Phi) is 5.68. The fraction of sp³-hybridized carbons (Fsp3) is 0.235. The third-order valence-corrected chi connectivity index (χ3v) is 3.01. The molecule has 0 bridgehead atoms. The van der Waals surface area contributed by atoms with Gasteiger partial charge in [-0.1, -0.05) is 19.1 Å². The number of hydrogen-bond donors (Lipinski definition) is 2. The molecule has 6 heteroatoms. The zero-order valence-corrected chi connectivity index (χ0v) is 13.2. The summed E-state index contributed by atoms with van der Waals surface area (Å²) in [5.41, 5.74) is 2.27. The number of anilines is 2. The maximum atomic E-state index is 11.9. The molecule has 0 aliphatic rings. The second-order valence-corrected chi connectivity index (χ2v) is 5.12. The average molecular weight is 312 g/mol. The molecule has 2 rings (SSSR count). The van der Waals surface area contributed by atoms with Gasteiger partial charge in [-0.2, -0.15) is 5.10 Å². The van der Waals surface area contributed by atoms with E-state index < -0.39 is 0 Å². The minimum absolute atomic E-state index is 0.115. The summed E-state index contributed by atoms with van der Waals surface area (Å²) in [6.45, 7) is 4.35. The largest absolute Gasteiger partial charge is 0.326 e. The highest BCUT2D eigenvalue weighted by molar-refractivity contribution is 6.01. The molecule has 0 radical (unpaired) electrons. The molecule has 1 heterocycles. The van der Waals surface area contributed by atoms with Crippen molar-refractivity contribution in [2.24, 2.45) is 0 Å². The Bertz CT molecular complexity index is 702. The standard InChI is InChI=1S/C17H20N4O2/c1-3-10-21-12-16(11-18-21)20-17(23)9-6-14-4-7-15(8-5-14)19-13(2)22/h4-9,11-12H,3,10H2,1-2H3,(H,19,22)(H,20,23).